The number of carboxylic acids is 1. The molecule has 33 heavy (non-hydrogen) atoms. The van der Waals surface area contributed by atoms with Crippen molar-refractivity contribution < 1.29 is 27.8 Å². The third-order valence-corrected chi connectivity index (χ3v) is 9.72. The highest BCUT2D eigenvalue weighted by Crippen LogP contribution is 2.51. The average molecular weight is 497 g/mol. The van der Waals surface area contributed by atoms with Crippen LogP contribution in [0.5, 0.6) is 0 Å². The molecule has 3 atom stereocenters. The van der Waals surface area contributed by atoms with Gasteiger partial charge in [0.1, 0.15) is 5.78 Å². The molecule has 0 radical (unpaired) electrons. The van der Waals surface area contributed by atoms with Crippen molar-refractivity contribution in [1.82, 2.24) is 4.72 Å². The fraction of sp³-hybridized carbons (Fsp3) is 0.435. The van der Waals surface area contributed by atoms with E-state index in [1.54, 1.807) is 39.0 Å². The zero-order valence-corrected chi connectivity index (χ0v) is 20.9. The fourth-order valence-corrected chi connectivity index (χ4v) is 8.23. The molecule has 10 heteroatoms. The lowest BCUT2D eigenvalue weighted by Gasteiger charge is -2.29. The molecule has 0 saturated carbocycles. The highest BCUT2D eigenvalue weighted by atomic mass is 32.2. The van der Waals surface area contributed by atoms with Gasteiger partial charge in [-0.15, -0.1) is 0 Å². The lowest BCUT2D eigenvalue weighted by Crippen LogP contribution is -2.41. The highest BCUT2D eigenvalue weighted by Gasteiger charge is 2.40. The molecule has 2 rings (SSSR count). The van der Waals surface area contributed by atoms with Gasteiger partial charge in [0.2, 0.25) is 17.4 Å². The Kier molecular flexibility index (Phi) is 9.26. The summed E-state index contributed by atoms with van der Waals surface area (Å²) >= 11 is 0. The molecule has 0 aromatic heterocycles. The second-order valence-electron chi connectivity index (χ2n) is 8.61. The monoisotopic (exact) mass is 496 g/mol. The Morgan fingerprint density at radius 1 is 1.12 bits per heavy atom. The van der Waals surface area contributed by atoms with Gasteiger partial charge < -0.3 is 15.7 Å². The summed E-state index contributed by atoms with van der Waals surface area (Å²) in [6, 6.07) is 14.2. The van der Waals surface area contributed by atoms with Crippen LogP contribution in [0.25, 0.3) is 0 Å². The number of rotatable bonds is 12. The standard InChI is InChI=1S/C23H33N2O6PS/c1-16(2)22(25-33(30,31)14-8-11-18-9-5-4-6-10-18)32(28,29)15-20(23(26)27)19-12-7-13-21(24)17(19)3/h4-7,9-10,12-13,16,20,22,25H,8,11,14-15,24H2,1-3H3,(H,26,27)(H,28,29)/t20-,22-/m0/s1. The maximum Gasteiger partial charge on any atom is 0.311 e. The molecule has 2 aromatic carbocycles. The second-order valence-corrected chi connectivity index (χ2v) is 12.9. The Morgan fingerprint density at radius 3 is 2.33 bits per heavy atom. The van der Waals surface area contributed by atoms with Crippen molar-refractivity contribution in [3.05, 3.63) is 65.2 Å². The second kappa shape index (κ2) is 11.3. The first-order valence-corrected chi connectivity index (χ1v) is 14.3. The van der Waals surface area contributed by atoms with E-state index in [0.717, 1.165) is 5.56 Å². The molecule has 0 bridgehead atoms. The van der Waals surface area contributed by atoms with E-state index in [2.05, 4.69) is 4.72 Å². The van der Waals surface area contributed by atoms with Crippen molar-refractivity contribution in [3.8, 4) is 0 Å². The van der Waals surface area contributed by atoms with Crippen LogP contribution in [0.3, 0.4) is 0 Å². The number of nitrogens with two attached hydrogens (primary N) is 1. The molecule has 2 aromatic rings. The number of anilines is 1. The van der Waals surface area contributed by atoms with Crippen LogP contribution in [0, 0.1) is 12.8 Å². The summed E-state index contributed by atoms with van der Waals surface area (Å²) in [5.74, 6) is -4.61. The average Bonchev–Trinajstić information content (AvgIpc) is 2.73. The van der Waals surface area contributed by atoms with Crippen LogP contribution in [0.15, 0.2) is 48.5 Å². The normalized spacial score (nSPS) is 15.7. The van der Waals surface area contributed by atoms with E-state index < -0.39 is 47.1 Å². The molecule has 0 aliphatic carbocycles. The Labute approximate surface area is 195 Å². The molecular weight excluding hydrogens is 463 g/mol. The van der Waals surface area contributed by atoms with Crippen molar-refractivity contribution >= 4 is 29.0 Å². The maximum atomic E-state index is 13.3. The number of benzene rings is 2. The summed E-state index contributed by atoms with van der Waals surface area (Å²) in [4.78, 5) is 22.9. The van der Waals surface area contributed by atoms with E-state index in [0.29, 0.717) is 29.7 Å². The molecule has 8 nitrogen and oxygen atoms in total. The molecule has 0 heterocycles. The molecule has 1 unspecified atom stereocenters. The first kappa shape index (κ1) is 27.1. The van der Waals surface area contributed by atoms with Gasteiger partial charge in [-0.05, 0) is 48.4 Å². The summed E-state index contributed by atoms with van der Waals surface area (Å²) in [5, 5.41) is 9.77. The van der Waals surface area contributed by atoms with E-state index in [4.69, 9.17) is 5.73 Å². The number of nitrogen functional groups attached to an aromatic ring is 1. The van der Waals surface area contributed by atoms with Crippen LogP contribution in [-0.4, -0.2) is 42.1 Å². The summed E-state index contributed by atoms with van der Waals surface area (Å²) in [5.41, 5.74) is 8.13. The minimum Gasteiger partial charge on any atom is -0.481 e. The van der Waals surface area contributed by atoms with E-state index in [1.807, 2.05) is 30.3 Å². The summed E-state index contributed by atoms with van der Waals surface area (Å²) in [6.45, 7) is 4.90. The predicted molar refractivity (Wildman–Crippen MR) is 131 cm³/mol. The lowest BCUT2D eigenvalue weighted by molar-refractivity contribution is -0.138. The summed E-state index contributed by atoms with van der Waals surface area (Å²) < 4.78 is 41.1. The van der Waals surface area contributed by atoms with E-state index in [-0.39, 0.29) is 5.75 Å². The van der Waals surface area contributed by atoms with E-state index >= 15 is 0 Å². The molecule has 0 amide bonds. The third kappa shape index (κ3) is 7.67. The summed E-state index contributed by atoms with van der Waals surface area (Å²) in [7, 11) is -8.13. The molecule has 0 aliphatic rings. The number of aliphatic carboxylic acids is 1. The lowest BCUT2D eigenvalue weighted by atomic mass is 9.95. The van der Waals surface area contributed by atoms with Gasteiger partial charge in [-0.1, -0.05) is 56.3 Å². The van der Waals surface area contributed by atoms with E-state index in [9.17, 15) is 27.8 Å². The molecule has 0 saturated heterocycles. The number of nitrogens with one attached hydrogen (secondary N) is 1. The largest absolute Gasteiger partial charge is 0.481 e. The number of aryl methyl sites for hydroxylation is 1. The van der Waals surface area contributed by atoms with Gasteiger partial charge in [0.15, 0.2) is 0 Å². The Morgan fingerprint density at radius 2 is 1.76 bits per heavy atom. The van der Waals surface area contributed by atoms with Crippen LogP contribution >= 0.6 is 7.37 Å². The van der Waals surface area contributed by atoms with Gasteiger partial charge >= 0.3 is 5.97 Å². The van der Waals surface area contributed by atoms with Gasteiger partial charge in [-0.3, -0.25) is 9.36 Å². The predicted octanol–water partition coefficient (Wildman–Crippen LogP) is 3.55. The third-order valence-electron chi connectivity index (χ3n) is 5.62. The highest BCUT2D eigenvalue weighted by molar-refractivity contribution is 7.89. The Bertz CT molecular complexity index is 1110. The smallest absolute Gasteiger partial charge is 0.311 e. The number of sulfonamides is 1. The van der Waals surface area contributed by atoms with Gasteiger partial charge in [0, 0.05) is 11.8 Å². The van der Waals surface area contributed by atoms with Gasteiger partial charge in [0.05, 0.1) is 11.7 Å². The number of hydrogen-bond donors (Lipinski definition) is 4. The Hall–Kier alpha value is -2.19. The minimum atomic E-state index is -4.27. The van der Waals surface area contributed by atoms with Gasteiger partial charge in [0.25, 0.3) is 0 Å². The zero-order valence-electron chi connectivity index (χ0n) is 19.1. The fourth-order valence-electron chi connectivity index (χ4n) is 3.77. The minimum absolute atomic E-state index is 0.207. The molecule has 182 valence electrons. The SMILES string of the molecule is Cc1c(N)cccc1[C@H](CP(=O)(O)[C@H](NS(=O)(=O)CCCc1ccccc1)C(C)C)C(=O)O. The number of carbonyl (C=O) groups is 1. The maximum absolute atomic E-state index is 13.3. The van der Waals surface area contributed by atoms with Crippen LogP contribution < -0.4 is 10.5 Å². The molecular formula is C23H33N2O6PS. The first-order valence-electron chi connectivity index (χ1n) is 10.8. The molecule has 0 spiro atoms. The molecule has 5 N–H and O–H groups in total. The van der Waals surface area contributed by atoms with Crippen molar-refractivity contribution in [2.75, 3.05) is 17.6 Å². The number of carboxylic acid groups (broad SMARTS) is 1. The molecule has 0 aliphatic heterocycles. The van der Waals surface area contributed by atoms with Crippen molar-refractivity contribution in [1.29, 1.82) is 0 Å². The number of hydrogen-bond acceptors (Lipinski definition) is 5. The topological polar surface area (TPSA) is 147 Å². The van der Waals surface area contributed by atoms with Gasteiger partial charge in [-0.25, -0.2) is 13.1 Å². The van der Waals surface area contributed by atoms with Crippen molar-refractivity contribution in [2.24, 2.45) is 5.92 Å². The summed E-state index contributed by atoms with van der Waals surface area (Å²) in [6.07, 6.45) is 0.294. The van der Waals surface area contributed by atoms with Crippen LogP contribution in [0.2, 0.25) is 0 Å². The van der Waals surface area contributed by atoms with Crippen LogP contribution in [0.4, 0.5) is 5.69 Å². The van der Waals surface area contributed by atoms with Gasteiger partial charge in [-0.2, -0.15) is 0 Å². The first-order chi connectivity index (χ1) is 15.3. The van der Waals surface area contributed by atoms with Crippen LogP contribution in [-0.2, 0) is 25.8 Å². The quantitative estimate of drug-likeness (QED) is 0.259. The van der Waals surface area contributed by atoms with Crippen LogP contribution in [0.1, 0.15) is 42.9 Å². The van der Waals surface area contributed by atoms with E-state index in [1.165, 1.54) is 0 Å². The van der Waals surface area contributed by atoms with Crippen molar-refractivity contribution in [2.45, 2.75) is 45.3 Å². The Balaban J connectivity index is 2.18. The molecule has 0 fully saturated rings. The van der Waals surface area contributed by atoms with Crippen molar-refractivity contribution in [3.63, 3.8) is 0 Å². The zero-order chi connectivity index (χ0) is 24.8.